The van der Waals surface area contributed by atoms with Crippen molar-refractivity contribution in [1.29, 1.82) is 0 Å². The van der Waals surface area contributed by atoms with Crippen LogP contribution in [-0.2, 0) is 10.5 Å². The molecule has 25 heavy (non-hydrogen) atoms. The summed E-state index contributed by atoms with van der Waals surface area (Å²) < 4.78 is 0. The van der Waals surface area contributed by atoms with Gasteiger partial charge in [-0.15, -0.1) is 22.0 Å². The molecular formula is C19H19N3O2S. The monoisotopic (exact) mass is 353 g/mol. The van der Waals surface area contributed by atoms with Gasteiger partial charge in [0.2, 0.25) is 5.88 Å². The number of carbonyl (C=O) groups is 1. The van der Waals surface area contributed by atoms with Crippen molar-refractivity contribution in [3.63, 3.8) is 0 Å². The topological polar surface area (TPSA) is 77.8 Å². The van der Waals surface area contributed by atoms with Gasteiger partial charge in [0.05, 0.1) is 11.3 Å². The van der Waals surface area contributed by atoms with Gasteiger partial charge in [0.1, 0.15) is 0 Å². The lowest BCUT2D eigenvalue weighted by Gasteiger charge is -2.03. The molecule has 6 heteroatoms. The zero-order valence-electron chi connectivity index (χ0n) is 14.1. The summed E-state index contributed by atoms with van der Waals surface area (Å²) in [5.74, 6) is 0.599. The Kier molecular flexibility index (Phi) is 5.19. The molecule has 0 saturated heterocycles. The molecule has 128 valence electrons. The summed E-state index contributed by atoms with van der Waals surface area (Å²) >= 11 is 1.50. The summed E-state index contributed by atoms with van der Waals surface area (Å²) in [6.07, 6.45) is 0. The highest BCUT2D eigenvalue weighted by Gasteiger charge is 2.10. The number of azo groups is 1. The van der Waals surface area contributed by atoms with Crippen molar-refractivity contribution in [2.24, 2.45) is 10.2 Å². The molecular weight excluding hydrogens is 334 g/mol. The SMILES string of the molecule is Cc1cc(C)cc(CSCC(=O)N=Nc2c(O)[nH]c3ccccc23)c1. The molecule has 2 aromatic carbocycles. The van der Waals surface area contributed by atoms with E-state index >= 15 is 0 Å². The summed E-state index contributed by atoms with van der Waals surface area (Å²) in [5.41, 5.74) is 4.68. The third-order valence-electron chi connectivity index (χ3n) is 3.70. The van der Waals surface area contributed by atoms with Crippen molar-refractivity contribution >= 4 is 34.3 Å². The number of amides is 1. The molecule has 0 atom stereocenters. The molecule has 5 nitrogen and oxygen atoms in total. The highest BCUT2D eigenvalue weighted by molar-refractivity contribution is 7.99. The average molecular weight is 353 g/mol. The van der Waals surface area contributed by atoms with Crippen LogP contribution in [0.4, 0.5) is 5.69 Å². The number of aromatic hydroxyl groups is 1. The Hall–Kier alpha value is -2.60. The van der Waals surface area contributed by atoms with Crippen LogP contribution >= 0.6 is 11.8 Å². The van der Waals surface area contributed by atoms with E-state index in [1.807, 2.05) is 24.3 Å². The molecule has 1 amide bonds. The minimum Gasteiger partial charge on any atom is -0.493 e. The number of carbonyl (C=O) groups excluding carboxylic acids is 1. The van der Waals surface area contributed by atoms with E-state index in [-0.39, 0.29) is 17.5 Å². The minimum absolute atomic E-state index is 0.0827. The highest BCUT2D eigenvalue weighted by atomic mass is 32.2. The predicted molar refractivity (Wildman–Crippen MR) is 102 cm³/mol. The summed E-state index contributed by atoms with van der Waals surface area (Å²) in [7, 11) is 0. The van der Waals surface area contributed by atoms with Crippen LogP contribution in [0.15, 0.2) is 52.7 Å². The number of hydrogen-bond donors (Lipinski definition) is 2. The molecule has 0 radical (unpaired) electrons. The van der Waals surface area contributed by atoms with E-state index in [9.17, 15) is 9.90 Å². The molecule has 2 N–H and O–H groups in total. The molecule has 3 aromatic rings. The van der Waals surface area contributed by atoms with Gasteiger partial charge in [-0.05, 0) is 25.5 Å². The van der Waals surface area contributed by atoms with Gasteiger partial charge in [-0.3, -0.25) is 4.79 Å². The minimum atomic E-state index is -0.320. The maximum absolute atomic E-state index is 11.9. The number of benzene rings is 2. The van der Waals surface area contributed by atoms with Crippen molar-refractivity contribution < 1.29 is 9.90 Å². The number of para-hydroxylation sites is 1. The summed E-state index contributed by atoms with van der Waals surface area (Å²) in [5, 5.41) is 18.3. The zero-order valence-corrected chi connectivity index (χ0v) is 14.9. The van der Waals surface area contributed by atoms with E-state index in [0.29, 0.717) is 5.69 Å². The predicted octanol–water partition coefficient (Wildman–Crippen LogP) is 5.03. The number of nitrogens with one attached hydrogen (secondary N) is 1. The van der Waals surface area contributed by atoms with Gasteiger partial charge < -0.3 is 10.1 Å². The van der Waals surface area contributed by atoms with Crippen molar-refractivity contribution in [3.05, 3.63) is 59.2 Å². The number of rotatable bonds is 5. The second kappa shape index (κ2) is 7.53. The fourth-order valence-electron chi connectivity index (χ4n) is 2.76. The van der Waals surface area contributed by atoms with Crippen LogP contribution in [0.3, 0.4) is 0 Å². The molecule has 3 rings (SSSR count). The van der Waals surface area contributed by atoms with E-state index in [1.165, 1.54) is 28.5 Å². The molecule has 0 aliphatic heterocycles. The van der Waals surface area contributed by atoms with E-state index < -0.39 is 0 Å². The number of aromatic amines is 1. The van der Waals surface area contributed by atoms with Crippen LogP contribution in [0.1, 0.15) is 16.7 Å². The number of aromatic nitrogens is 1. The number of hydrogen-bond acceptors (Lipinski definition) is 4. The molecule has 0 aliphatic carbocycles. The maximum Gasteiger partial charge on any atom is 0.274 e. The lowest BCUT2D eigenvalue weighted by Crippen LogP contribution is -1.96. The number of H-pyrrole nitrogens is 1. The van der Waals surface area contributed by atoms with Gasteiger partial charge in [-0.1, -0.05) is 47.5 Å². The van der Waals surface area contributed by atoms with Crippen molar-refractivity contribution in [2.45, 2.75) is 19.6 Å². The molecule has 1 heterocycles. The summed E-state index contributed by atoms with van der Waals surface area (Å²) in [6, 6.07) is 13.7. The average Bonchev–Trinajstić information content (AvgIpc) is 2.87. The second-order valence-electron chi connectivity index (χ2n) is 5.95. The number of nitrogens with zero attached hydrogens (tertiary/aromatic N) is 2. The first-order valence-electron chi connectivity index (χ1n) is 7.92. The van der Waals surface area contributed by atoms with Crippen molar-refractivity contribution in [2.75, 3.05) is 5.75 Å². The van der Waals surface area contributed by atoms with Crippen molar-refractivity contribution in [1.82, 2.24) is 4.98 Å². The number of thioether (sulfide) groups is 1. The standard InChI is InChI=1S/C19H19N3O2S/c1-12-7-13(2)9-14(8-12)10-25-11-17(23)21-22-18-15-5-3-4-6-16(15)20-19(18)24/h3-9,20,24H,10-11H2,1-2H3. The molecule has 0 saturated carbocycles. The molecule has 0 bridgehead atoms. The maximum atomic E-state index is 11.9. The smallest absolute Gasteiger partial charge is 0.274 e. The van der Waals surface area contributed by atoms with E-state index in [2.05, 4.69) is 47.3 Å². The number of fused-ring (bicyclic) bond motifs is 1. The fraction of sp³-hybridized carbons (Fsp3) is 0.211. The van der Waals surface area contributed by atoms with Gasteiger partial charge in [-0.2, -0.15) is 0 Å². The van der Waals surface area contributed by atoms with Gasteiger partial charge >= 0.3 is 0 Å². The lowest BCUT2D eigenvalue weighted by molar-refractivity contribution is -0.115. The summed E-state index contributed by atoms with van der Waals surface area (Å²) in [4.78, 5) is 14.7. The van der Waals surface area contributed by atoms with Crippen LogP contribution in [0, 0.1) is 13.8 Å². The van der Waals surface area contributed by atoms with Crippen molar-refractivity contribution in [3.8, 4) is 5.88 Å². The highest BCUT2D eigenvalue weighted by Crippen LogP contribution is 2.35. The Morgan fingerprint density at radius 1 is 1.16 bits per heavy atom. The first-order valence-corrected chi connectivity index (χ1v) is 9.07. The molecule has 0 unspecified atom stereocenters. The fourth-order valence-corrected chi connectivity index (χ4v) is 3.49. The first kappa shape index (κ1) is 17.2. The van der Waals surface area contributed by atoms with Gasteiger partial charge in [0, 0.05) is 11.1 Å². The lowest BCUT2D eigenvalue weighted by atomic mass is 10.1. The van der Waals surface area contributed by atoms with E-state index in [0.717, 1.165) is 16.7 Å². The van der Waals surface area contributed by atoms with Gasteiger partial charge in [-0.25, -0.2) is 0 Å². The van der Waals surface area contributed by atoms with Crippen LogP contribution in [-0.4, -0.2) is 21.8 Å². The third kappa shape index (κ3) is 4.28. The Labute approximate surface area is 150 Å². The Balaban J connectivity index is 1.60. The Bertz CT molecular complexity index is 927. The first-order chi connectivity index (χ1) is 12.0. The van der Waals surface area contributed by atoms with Crippen LogP contribution in [0.25, 0.3) is 10.9 Å². The van der Waals surface area contributed by atoms with Crippen LogP contribution in [0.5, 0.6) is 5.88 Å². The van der Waals surface area contributed by atoms with Crippen LogP contribution < -0.4 is 0 Å². The Morgan fingerprint density at radius 2 is 1.88 bits per heavy atom. The molecule has 1 aromatic heterocycles. The second-order valence-corrected chi connectivity index (χ2v) is 6.94. The largest absolute Gasteiger partial charge is 0.493 e. The van der Waals surface area contributed by atoms with E-state index in [4.69, 9.17) is 0 Å². The summed E-state index contributed by atoms with van der Waals surface area (Å²) in [6.45, 7) is 4.13. The Morgan fingerprint density at radius 3 is 2.64 bits per heavy atom. The van der Waals surface area contributed by atoms with Gasteiger partial charge in [0.15, 0.2) is 5.69 Å². The molecule has 0 spiro atoms. The zero-order chi connectivity index (χ0) is 17.8. The number of aryl methyl sites for hydroxylation is 2. The van der Waals surface area contributed by atoms with E-state index in [1.54, 1.807) is 0 Å². The van der Waals surface area contributed by atoms with Crippen LogP contribution in [0.2, 0.25) is 0 Å². The third-order valence-corrected chi connectivity index (χ3v) is 4.69. The molecule has 0 fully saturated rings. The quantitative estimate of drug-likeness (QED) is 0.631. The molecule has 0 aliphatic rings. The normalized spacial score (nSPS) is 11.4. The van der Waals surface area contributed by atoms with Gasteiger partial charge in [0.25, 0.3) is 5.91 Å².